The van der Waals surface area contributed by atoms with Crippen molar-refractivity contribution in [2.24, 2.45) is 0 Å². The number of hydrogen-bond acceptors (Lipinski definition) is 1. The third-order valence-corrected chi connectivity index (χ3v) is 3.23. The highest BCUT2D eigenvalue weighted by Gasteiger charge is 2.07. The Morgan fingerprint density at radius 3 is 2.00 bits per heavy atom. The maximum Gasteiger partial charge on any atom is 0.122 e. The molecular weight excluding hydrogens is 324 g/mol. The molecule has 0 aliphatic heterocycles. The first kappa shape index (κ1) is 19.7. The van der Waals surface area contributed by atoms with Crippen molar-refractivity contribution in [3.63, 3.8) is 0 Å². The molecule has 0 N–H and O–H groups in total. The van der Waals surface area contributed by atoms with E-state index in [1.54, 1.807) is 7.11 Å². The minimum atomic E-state index is 0.919. The van der Waals surface area contributed by atoms with Crippen LogP contribution in [0.25, 0.3) is 11.1 Å². The fraction of sp³-hybridized carbons (Fsp3) is 0.368. The van der Waals surface area contributed by atoms with E-state index < -0.39 is 0 Å². The Morgan fingerprint density at radius 1 is 1.00 bits per heavy atom. The fourth-order valence-electron chi connectivity index (χ4n) is 1.71. The molecule has 0 heterocycles. The van der Waals surface area contributed by atoms with E-state index in [-0.39, 0.29) is 0 Å². The van der Waals surface area contributed by atoms with Gasteiger partial charge in [-0.3, -0.25) is 0 Å². The van der Waals surface area contributed by atoms with Crippen LogP contribution in [0.4, 0.5) is 0 Å². The molecule has 0 saturated heterocycles. The Labute approximate surface area is 138 Å². The molecule has 2 heteroatoms. The molecular formula is C19H27BrO. The van der Waals surface area contributed by atoms with Crippen LogP contribution in [0.5, 0.6) is 5.75 Å². The van der Waals surface area contributed by atoms with Crippen molar-refractivity contribution >= 4 is 15.9 Å². The average Bonchev–Trinajstić information content (AvgIpc) is 2.51. The first-order valence-electron chi connectivity index (χ1n) is 7.53. The van der Waals surface area contributed by atoms with E-state index in [0.29, 0.717) is 0 Å². The summed E-state index contributed by atoms with van der Waals surface area (Å²) in [5, 5.41) is 0. The van der Waals surface area contributed by atoms with E-state index in [1.165, 1.54) is 12.0 Å². The largest absolute Gasteiger partial charge is 0.496 e. The second kappa shape index (κ2) is 11.4. The molecule has 0 atom stereocenters. The summed E-state index contributed by atoms with van der Waals surface area (Å²) in [6, 6.07) is 14.4. The molecule has 0 aliphatic rings. The highest BCUT2D eigenvalue weighted by molar-refractivity contribution is 9.10. The Balaban J connectivity index is 0.000000713. The fourth-order valence-corrected chi connectivity index (χ4v) is 2.40. The number of benzene rings is 2. The van der Waals surface area contributed by atoms with Gasteiger partial charge >= 0.3 is 0 Å². The van der Waals surface area contributed by atoms with Crippen LogP contribution in [0.2, 0.25) is 0 Å². The third kappa shape index (κ3) is 6.34. The Kier molecular flexibility index (Phi) is 10.7. The number of rotatable bonds is 2. The number of ether oxygens (including phenoxy) is 1. The normalized spacial score (nSPS) is 8.90. The zero-order valence-electron chi connectivity index (χ0n) is 14.0. The van der Waals surface area contributed by atoms with Crippen LogP contribution in [0.15, 0.2) is 46.9 Å². The molecule has 0 fully saturated rings. The highest BCUT2D eigenvalue weighted by atomic mass is 79.9. The Bertz CT molecular complexity index is 506. The summed E-state index contributed by atoms with van der Waals surface area (Å²) in [6.45, 7) is 10.3. The summed E-state index contributed by atoms with van der Waals surface area (Å²) < 4.78 is 6.44. The Hall–Kier alpha value is -1.28. The van der Waals surface area contributed by atoms with Crippen molar-refractivity contribution in [2.45, 2.75) is 41.0 Å². The SMILES string of the molecule is CC.CCC.COc1cc(-c2ccccc2)c(Br)cc1C. The van der Waals surface area contributed by atoms with Gasteiger partial charge in [0.1, 0.15) is 5.75 Å². The molecule has 21 heavy (non-hydrogen) atoms. The quantitative estimate of drug-likeness (QED) is 0.573. The van der Waals surface area contributed by atoms with E-state index in [2.05, 4.69) is 54.0 Å². The lowest BCUT2D eigenvalue weighted by Gasteiger charge is -2.10. The van der Waals surface area contributed by atoms with Gasteiger partial charge in [0.05, 0.1) is 7.11 Å². The predicted octanol–water partition coefficient (Wildman–Crippen LogP) is 6.88. The molecule has 0 aliphatic carbocycles. The number of aryl methyl sites for hydroxylation is 1. The number of halogens is 1. The van der Waals surface area contributed by atoms with E-state index >= 15 is 0 Å². The summed E-state index contributed by atoms with van der Waals surface area (Å²) in [4.78, 5) is 0. The van der Waals surface area contributed by atoms with Gasteiger partial charge in [0.15, 0.2) is 0 Å². The first-order valence-corrected chi connectivity index (χ1v) is 8.32. The number of hydrogen-bond donors (Lipinski definition) is 0. The van der Waals surface area contributed by atoms with Gasteiger partial charge in [-0.25, -0.2) is 0 Å². The van der Waals surface area contributed by atoms with Crippen LogP contribution in [0.3, 0.4) is 0 Å². The van der Waals surface area contributed by atoms with Crippen LogP contribution in [0, 0.1) is 6.92 Å². The zero-order valence-corrected chi connectivity index (χ0v) is 15.6. The lowest BCUT2D eigenvalue weighted by Crippen LogP contribution is -1.89. The second-order valence-electron chi connectivity index (χ2n) is 4.37. The standard InChI is InChI=1S/C14H13BrO.C3H8.C2H6/c1-10-8-13(15)12(9-14(10)16-2)11-6-4-3-5-7-11;1-3-2;1-2/h3-9H,1-2H3;3H2,1-2H3;1-2H3. The van der Waals surface area contributed by atoms with E-state index in [4.69, 9.17) is 4.74 Å². The minimum absolute atomic E-state index is 0.919. The number of methoxy groups -OCH3 is 1. The van der Waals surface area contributed by atoms with Crippen LogP contribution >= 0.6 is 15.9 Å². The van der Waals surface area contributed by atoms with E-state index in [9.17, 15) is 0 Å². The lowest BCUT2D eigenvalue weighted by atomic mass is 10.0. The van der Waals surface area contributed by atoms with Crippen molar-refractivity contribution in [1.82, 2.24) is 0 Å². The monoisotopic (exact) mass is 350 g/mol. The summed E-state index contributed by atoms with van der Waals surface area (Å²) in [6.07, 6.45) is 1.25. The van der Waals surface area contributed by atoms with Gasteiger partial charge in [-0.1, -0.05) is 80.4 Å². The maximum absolute atomic E-state index is 5.34. The first-order chi connectivity index (χ1) is 10.1. The highest BCUT2D eigenvalue weighted by Crippen LogP contribution is 2.33. The van der Waals surface area contributed by atoms with Crippen molar-refractivity contribution in [2.75, 3.05) is 7.11 Å². The molecule has 0 spiro atoms. The van der Waals surface area contributed by atoms with Crippen LogP contribution in [-0.4, -0.2) is 7.11 Å². The molecule has 0 aromatic heterocycles. The summed E-state index contributed by atoms with van der Waals surface area (Å²) in [7, 11) is 1.70. The van der Waals surface area contributed by atoms with E-state index in [0.717, 1.165) is 21.3 Å². The van der Waals surface area contributed by atoms with Crippen molar-refractivity contribution < 1.29 is 4.74 Å². The molecule has 2 aromatic rings. The van der Waals surface area contributed by atoms with Crippen molar-refractivity contribution in [3.8, 4) is 16.9 Å². The zero-order chi connectivity index (χ0) is 16.3. The van der Waals surface area contributed by atoms with Crippen LogP contribution < -0.4 is 4.74 Å². The smallest absolute Gasteiger partial charge is 0.122 e. The third-order valence-electron chi connectivity index (χ3n) is 2.57. The summed E-state index contributed by atoms with van der Waals surface area (Å²) in [5.74, 6) is 0.919. The molecule has 2 aromatic carbocycles. The summed E-state index contributed by atoms with van der Waals surface area (Å²) in [5.41, 5.74) is 3.48. The average molecular weight is 351 g/mol. The Morgan fingerprint density at radius 2 is 1.52 bits per heavy atom. The molecule has 0 saturated carbocycles. The van der Waals surface area contributed by atoms with Gasteiger partial charge < -0.3 is 4.74 Å². The lowest BCUT2D eigenvalue weighted by molar-refractivity contribution is 0.412. The predicted molar refractivity (Wildman–Crippen MR) is 98.2 cm³/mol. The van der Waals surface area contributed by atoms with Gasteiger partial charge in [-0.15, -0.1) is 0 Å². The molecule has 2 rings (SSSR count). The minimum Gasteiger partial charge on any atom is -0.496 e. The molecule has 1 nitrogen and oxygen atoms in total. The van der Waals surface area contributed by atoms with Gasteiger partial charge in [0, 0.05) is 4.47 Å². The molecule has 0 amide bonds. The van der Waals surface area contributed by atoms with Gasteiger partial charge in [-0.05, 0) is 35.7 Å². The van der Waals surface area contributed by atoms with E-state index in [1.807, 2.05) is 39.0 Å². The van der Waals surface area contributed by atoms with Crippen molar-refractivity contribution in [1.29, 1.82) is 0 Å². The van der Waals surface area contributed by atoms with Crippen LogP contribution in [0.1, 0.15) is 39.7 Å². The van der Waals surface area contributed by atoms with Crippen LogP contribution in [-0.2, 0) is 0 Å². The second-order valence-corrected chi connectivity index (χ2v) is 5.23. The maximum atomic E-state index is 5.34. The molecule has 0 radical (unpaired) electrons. The topological polar surface area (TPSA) is 9.23 Å². The molecule has 0 unspecified atom stereocenters. The van der Waals surface area contributed by atoms with Crippen molar-refractivity contribution in [3.05, 3.63) is 52.5 Å². The van der Waals surface area contributed by atoms with Gasteiger partial charge in [0.2, 0.25) is 0 Å². The summed E-state index contributed by atoms with van der Waals surface area (Å²) >= 11 is 3.59. The molecule has 0 bridgehead atoms. The van der Waals surface area contributed by atoms with Gasteiger partial charge in [-0.2, -0.15) is 0 Å². The molecule has 116 valence electrons. The van der Waals surface area contributed by atoms with Gasteiger partial charge in [0.25, 0.3) is 0 Å².